The fraction of sp³-hybridized carbons (Fsp3) is 0.571. The van der Waals surface area contributed by atoms with Crippen molar-refractivity contribution in [3.63, 3.8) is 0 Å². The molecule has 1 unspecified atom stereocenters. The third-order valence-electron chi connectivity index (χ3n) is 7.06. The van der Waals surface area contributed by atoms with Gasteiger partial charge in [0.25, 0.3) is 0 Å². The number of hydrogen-bond donors (Lipinski definition) is 2. The van der Waals surface area contributed by atoms with Gasteiger partial charge in [0.05, 0.1) is 26.4 Å². The van der Waals surface area contributed by atoms with Crippen LogP contribution in [0.15, 0.2) is 30.3 Å². The first kappa shape index (κ1) is 28.9. The number of likely N-dealkylation sites (tertiary alicyclic amines) is 1. The van der Waals surface area contributed by atoms with Gasteiger partial charge in [-0.1, -0.05) is 19.9 Å². The summed E-state index contributed by atoms with van der Waals surface area (Å²) >= 11 is 0. The highest BCUT2D eigenvalue weighted by molar-refractivity contribution is 5.90. The van der Waals surface area contributed by atoms with Gasteiger partial charge < -0.3 is 29.7 Å². The Morgan fingerprint density at radius 3 is 2.62 bits per heavy atom. The number of anilines is 2. The number of halogens is 3. The molecule has 11 heteroatoms. The molecule has 39 heavy (non-hydrogen) atoms. The zero-order valence-electron chi connectivity index (χ0n) is 22.7. The van der Waals surface area contributed by atoms with E-state index < -0.39 is 30.0 Å². The Balaban J connectivity index is 1.56. The molecule has 1 atom stereocenters. The maximum absolute atomic E-state index is 12.8. The van der Waals surface area contributed by atoms with Gasteiger partial charge in [0.2, 0.25) is 5.88 Å². The Morgan fingerprint density at radius 1 is 1.18 bits per heavy atom. The average molecular weight is 551 g/mol. The topological polar surface area (TPSA) is 87.2 Å². The summed E-state index contributed by atoms with van der Waals surface area (Å²) in [5.74, 6) is 0.598. The van der Waals surface area contributed by atoms with E-state index in [2.05, 4.69) is 10.2 Å². The Labute approximate surface area is 227 Å². The number of rotatable bonds is 8. The minimum Gasteiger partial charge on any atom is -0.477 e. The molecule has 2 amide bonds. The van der Waals surface area contributed by atoms with E-state index in [1.807, 2.05) is 45.0 Å². The highest BCUT2D eigenvalue weighted by Gasteiger charge is 2.36. The smallest absolute Gasteiger partial charge is 0.389 e. The molecule has 0 bridgehead atoms. The normalized spacial score (nSPS) is 18.4. The third-order valence-corrected chi connectivity index (χ3v) is 7.06. The SMILES string of the molecule is Cc1ccc(NC(=O)N2CCC(CC(F)(F)F)C2)cc1-c1cc(OCC(C)(C)CO)nc(N2CCOCC2)c1. The van der Waals surface area contributed by atoms with Crippen molar-refractivity contribution in [2.45, 2.75) is 39.8 Å². The van der Waals surface area contributed by atoms with Gasteiger partial charge in [0.1, 0.15) is 5.82 Å². The number of nitrogens with one attached hydrogen (secondary N) is 1. The molecule has 2 aromatic rings. The number of ether oxygens (including phenoxy) is 2. The standard InChI is InChI=1S/C28H37F3N4O4/c1-19-4-5-22(32-26(37)35-7-6-20(16-35)15-28(29,30)31)14-23(19)21-12-24(34-8-10-38-11-9-34)33-25(13-21)39-18-27(2,3)17-36/h4-5,12-14,20,36H,6-11,15-18H2,1-3H3,(H,32,37). The number of carbonyl (C=O) groups is 1. The number of aromatic nitrogens is 1. The number of pyridine rings is 1. The molecule has 2 saturated heterocycles. The lowest BCUT2D eigenvalue weighted by molar-refractivity contribution is -0.143. The first-order chi connectivity index (χ1) is 18.4. The predicted octanol–water partition coefficient (Wildman–Crippen LogP) is 5.10. The van der Waals surface area contributed by atoms with Gasteiger partial charge in [0, 0.05) is 49.8 Å². The number of amides is 2. The van der Waals surface area contributed by atoms with Crippen LogP contribution >= 0.6 is 0 Å². The van der Waals surface area contributed by atoms with Crippen molar-refractivity contribution in [3.05, 3.63) is 35.9 Å². The van der Waals surface area contributed by atoms with Crippen LogP contribution in [0.3, 0.4) is 0 Å². The second kappa shape index (κ2) is 12.0. The molecule has 2 aliphatic rings. The van der Waals surface area contributed by atoms with Gasteiger partial charge >= 0.3 is 12.2 Å². The number of aliphatic hydroxyl groups excluding tert-OH is 1. The number of hydrogen-bond acceptors (Lipinski definition) is 6. The van der Waals surface area contributed by atoms with Crippen LogP contribution in [0.5, 0.6) is 5.88 Å². The number of morpholine rings is 1. The first-order valence-corrected chi connectivity index (χ1v) is 13.2. The zero-order valence-corrected chi connectivity index (χ0v) is 22.7. The molecule has 2 N–H and O–H groups in total. The van der Waals surface area contributed by atoms with E-state index in [1.54, 1.807) is 6.07 Å². The molecule has 0 saturated carbocycles. The van der Waals surface area contributed by atoms with Crippen molar-refractivity contribution >= 4 is 17.5 Å². The van der Waals surface area contributed by atoms with Gasteiger partial charge in [-0.15, -0.1) is 0 Å². The van der Waals surface area contributed by atoms with Gasteiger partial charge in [-0.3, -0.25) is 0 Å². The molecule has 0 aliphatic carbocycles. The molecule has 0 radical (unpaired) electrons. The summed E-state index contributed by atoms with van der Waals surface area (Å²) in [7, 11) is 0. The minimum absolute atomic E-state index is 0.0299. The summed E-state index contributed by atoms with van der Waals surface area (Å²) in [5, 5.41) is 12.5. The van der Waals surface area contributed by atoms with Crippen molar-refractivity contribution in [2.24, 2.45) is 11.3 Å². The fourth-order valence-corrected chi connectivity index (χ4v) is 4.71. The minimum atomic E-state index is -4.23. The van der Waals surface area contributed by atoms with E-state index >= 15 is 0 Å². The van der Waals surface area contributed by atoms with Crippen molar-refractivity contribution in [2.75, 3.05) is 62.8 Å². The molecular weight excluding hydrogens is 513 g/mol. The second-order valence-corrected chi connectivity index (χ2v) is 11.1. The highest BCUT2D eigenvalue weighted by Crippen LogP contribution is 2.34. The van der Waals surface area contributed by atoms with Crippen molar-refractivity contribution < 1.29 is 32.5 Å². The maximum atomic E-state index is 12.8. The summed E-state index contributed by atoms with van der Waals surface area (Å²) < 4.78 is 49.8. The van der Waals surface area contributed by atoms with Crippen LogP contribution in [-0.4, -0.2) is 79.8 Å². The van der Waals surface area contributed by atoms with Gasteiger partial charge in [-0.25, -0.2) is 4.79 Å². The number of aliphatic hydroxyl groups is 1. The number of benzene rings is 1. The van der Waals surface area contributed by atoms with Crippen LogP contribution in [0.1, 0.15) is 32.3 Å². The summed E-state index contributed by atoms with van der Waals surface area (Å²) in [5.41, 5.74) is 2.80. The Hall–Kier alpha value is -3.05. The van der Waals surface area contributed by atoms with Crippen molar-refractivity contribution in [1.29, 1.82) is 0 Å². The summed E-state index contributed by atoms with van der Waals surface area (Å²) in [4.78, 5) is 21.1. The largest absolute Gasteiger partial charge is 0.477 e. The summed E-state index contributed by atoms with van der Waals surface area (Å²) in [6, 6.07) is 8.94. The number of nitrogens with zero attached hydrogens (tertiary/aromatic N) is 3. The van der Waals surface area contributed by atoms with E-state index in [0.29, 0.717) is 50.8 Å². The molecule has 0 spiro atoms. The van der Waals surface area contributed by atoms with Gasteiger partial charge in [-0.2, -0.15) is 18.2 Å². The number of aryl methyl sites for hydroxylation is 1. The number of urea groups is 1. The van der Waals surface area contributed by atoms with E-state index in [0.717, 1.165) is 22.5 Å². The molecule has 2 fully saturated rings. The van der Waals surface area contributed by atoms with E-state index in [1.165, 1.54) is 4.90 Å². The van der Waals surface area contributed by atoms with Crippen molar-refractivity contribution in [3.8, 4) is 17.0 Å². The van der Waals surface area contributed by atoms with Crippen LogP contribution in [0.2, 0.25) is 0 Å². The predicted molar refractivity (Wildman–Crippen MR) is 143 cm³/mol. The molecule has 214 valence electrons. The lowest BCUT2D eigenvalue weighted by atomic mass is 9.96. The van der Waals surface area contributed by atoms with Crippen LogP contribution < -0.4 is 15.0 Å². The molecule has 2 aliphatic heterocycles. The van der Waals surface area contributed by atoms with E-state index in [4.69, 9.17) is 14.5 Å². The monoisotopic (exact) mass is 550 g/mol. The highest BCUT2D eigenvalue weighted by atomic mass is 19.4. The zero-order chi connectivity index (χ0) is 28.2. The third kappa shape index (κ3) is 7.98. The van der Waals surface area contributed by atoms with Gasteiger partial charge in [-0.05, 0) is 54.2 Å². The molecule has 4 rings (SSSR count). The van der Waals surface area contributed by atoms with E-state index in [9.17, 15) is 23.1 Å². The summed E-state index contributed by atoms with van der Waals surface area (Å²) in [6.45, 7) is 8.99. The Bertz CT molecular complexity index is 1150. The lowest BCUT2D eigenvalue weighted by Gasteiger charge is -2.29. The van der Waals surface area contributed by atoms with Crippen LogP contribution in [0, 0.1) is 18.3 Å². The van der Waals surface area contributed by atoms with Crippen LogP contribution in [0.25, 0.3) is 11.1 Å². The average Bonchev–Trinajstić information content (AvgIpc) is 3.36. The number of carbonyl (C=O) groups excluding carboxylic acids is 1. The molecule has 1 aromatic carbocycles. The maximum Gasteiger partial charge on any atom is 0.389 e. The van der Waals surface area contributed by atoms with Crippen molar-refractivity contribution in [1.82, 2.24) is 9.88 Å². The number of alkyl halides is 3. The summed E-state index contributed by atoms with van der Waals surface area (Å²) in [6.07, 6.45) is -4.77. The van der Waals surface area contributed by atoms with Gasteiger partial charge in [0.15, 0.2) is 0 Å². The first-order valence-electron chi connectivity index (χ1n) is 13.2. The van der Waals surface area contributed by atoms with Crippen LogP contribution in [-0.2, 0) is 4.74 Å². The molecule has 3 heterocycles. The molecule has 8 nitrogen and oxygen atoms in total. The molecule has 1 aromatic heterocycles. The van der Waals surface area contributed by atoms with Crippen LogP contribution in [0.4, 0.5) is 29.5 Å². The Kier molecular flexibility index (Phi) is 8.90. The fourth-order valence-electron chi connectivity index (χ4n) is 4.71. The molecular formula is C28H37F3N4O4. The van der Waals surface area contributed by atoms with E-state index in [-0.39, 0.29) is 19.8 Å². The Morgan fingerprint density at radius 2 is 1.92 bits per heavy atom. The quantitative estimate of drug-likeness (QED) is 0.476. The lowest BCUT2D eigenvalue weighted by Crippen LogP contribution is -2.36. The second-order valence-electron chi connectivity index (χ2n) is 11.1.